The van der Waals surface area contributed by atoms with E-state index in [2.05, 4.69) is 4.98 Å². The Labute approximate surface area is 138 Å². The number of carbonyl (C=O) groups excluding carboxylic acids is 1. The van der Waals surface area contributed by atoms with Crippen molar-refractivity contribution in [2.45, 2.75) is 13.0 Å². The van der Waals surface area contributed by atoms with Gasteiger partial charge in [0.1, 0.15) is 5.75 Å². The van der Waals surface area contributed by atoms with Crippen molar-refractivity contribution in [2.24, 2.45) is 0 Å². The maximum absolute atomic E-state index is 12.8. The molecule has 0 spiro atoms. The molecule has 1 aliphatic rings. The monoisotopic (exact) mass is 330 g/mol. The smallest absolute Gasteiger partial charge is 0.334 e. The third-order valence-corrected chi connectivity index (χ3v) is 4.07. The molecule has 1 aromatic heterocycles. The molecule has 1 fully saturated rings. The number of nitrogens with zero attached hydrogens (tertiary/aromatic N) is 2. The van der Waals surface area contributed by atoms with Crippen LogP contribution < -0.4 is 4.74 Å². The summed E-state index contributed by atoms with van der Waals surface area (Å²) in [6, 6.07) is 7.25. The van der Waals surface area contributed by atoms with E-state index in [1.54, 1.807) is 20.1 Å². The molecule has 1 saturated heterocycles. The summed E-state index contributed by atoms with van der Waals surface area (Å²) in [5.74, 6) is -0.592. The number of fused-ring (bicyclic) bond motifs is 1. The van der Waals surface area contributed by atoms with Gasteiger partial charge in [0.2, 0.25) is 0 Å². The van der Waals surface area contributed by atoms with Gasteiger partial charge >= 0.3 is 5.97 Å². The Bertz CT molecular complexity index is 805. The molecule has 126 valence electrons. The number of aryl methyl sites for hydroxylation is 1. The normalized spacial score (nSPS) is 17.8. The fraction of sp³-hybridized carbons (Fsp3) is 0.353. The zero-order valence-electron chi connectivity index (χ0n) is 13.5. The quantitative estimate of drug-likeness (QED) is 0.917. The molecule has 24 heavy (non-hydrogen) atoms. The molecular weight excluding hydrogens is 312 g/mol. The summed E-state index contributed by atoms with van der Waals surface area (Å²) in [6.07, 6.45) is -0.985. The minimum Gasteiger partial charge on any atom is -0.497 e. The van der Waals surface area contributed by atoms with E-state index in [4.69, 9.17) is 14.6 Å². The summed E-state index contributed by atoms with van der Waals surface area (Å²) in [5, 5.41) is 9.89. The molecule has 1 atom stereocenters. The molecule has 0 radical (unpaired) electrons. The van der Waals surface area contributed by atoms with Crippen LogP contribution in [0.25, 0.3) is 10.9 Å². The zero-order valence-corrected chi connectivity index (χ0v) is 13.5. The minimum absolute atomic E-state index is 0.0360. The third kappa shape index (κ3) is 3.03. The van der Waals surface area contributed by atoms with Gasteiger partial charge in [0, 0.05) is 18.0 Å². The van der Waals surface area contributed by atoms with Crippen LogP contribution in [0.3, 0.4) is 0 Å². The number of carbonyl (C=O) groups is 2. The lowest BCUT2D eigenvalue weighted by atomic mass is 10.1. The molecular formula is C17H18N2O5. The number of morpholine rings is 1. The first kappa shape index (κ1) is 16.2. The highest BCUT2D eigenvalue weighted by molar-refractivity contribution is 5.99. The largest absolute Gasteiger partial charge is 0.497 e. The Balaban J connectivity index is 1.92. The van der Waals surface area contributed by atoms with Crippen LogP contribution in [-0.2, 0) is 9.53 Å². The van der Waals surface area contributed by atoms with Crippen LogP contribution in [0, 0.1) is 6.92 Å². The second kappa shape index (κ2) is 6.45. The minimum atomic E-state index is -1.06. The number of rotatable bonds is 3. The van der Waals surface area contributed by atoms with Gasteiger partial charge in [0.25, 0.3) is 5.91 Å². The van der Waals surface area contributed by atoms with Crippen molar-refractivity contribution in [1.82, 2.24) is 9.88 Å². The van der Waals surface area contributed by atoms with Gasteiger partial charge in [0.15, 0.2) is 6.10 Å². The number of carboxylic acid groups (broad SMARTS) is 1. The van der Waals surface area contributed by atoms with Crippen LogP contribution in [0.4, 0.5) is 0 Å². The summed E-state index contributed by atoms with van der Waals surface area (Å²) < 4.78 is 10.3. The molecule has 7 nitrogen and oxygen atoms in total. The van der Waals surface area contributed by atoms with E-state index in [9.17, 15) is 9.59 Å². The predicted molar refractivity (Wildman–Crippen MR) is 86.3 cm³/mol. The number of aliphatic carboxylic acids is 1. The number of benzene rings is 1. The van der Waals surface area contributed by atoms with Gasteiger partial charge in [-0.15, -0.1) is 0 Å². The van der Waals surface area contributed by atoms with Crippen LogP contribution >= 0.6 is 0 Å². The number of aromatic nitrogens is 1. The van der Waals surface area contributed by atoms with E-state index in [0.29, 0.717) is 23.6 Å². The van der Waals surface area contributed by atoms with Crippen LogP contribution in [0.5, 0.6) is 5.75 Å². The summed E-state index contributed by atoms with van der Waals surface area (Å²) in [4.78, 5) is 29.8. The van der Waals surface area contributed by atoms with Gasteiger partial charge in [-0.1, -0.05) is 0 Å². The average Bonchev–Trinajstić information content (AvgIpc) is 2.60. The Morgan fingerprint density at radius 2 is 2.17 bits per heavy atom. The van der Waals surface area contributed by atoms with Crippen LogP contribution in [-0.4, -0.2) is 59.8 Å². The van der Waals surface area contributed by atoms with Gasteiger partial charge in [-0.25, -0.2) is 4.79 Å². The summed E-state index contributed by atoms with van der Waals surface area (Å²) in [7, 11) is 1.59. The summed E-state index contributed by atoms with van der Waals surface area (Å²) >= 11 is 0. The van der Waals surface area contributed by atoms with Crippen molar-refractivity contribution in [3.8, 4) is 5.75 Å². The Hall–Kier alpha value is -2.67. The number of hydrogen-bond acceptors (Lipinski definition) is 5. The number of carboxylic acids is 1. The van der Waals surface area contributed by atoms with Crippen LogP contribution in [0.1, 0.15) is 16.1 Å². The molecule has 3 rings (SSSR count). The maximum Gasteiger partial charge on any atom is 0.334 e. The van der Waals surface area contributed by atoms with Gasteiger partial charge in [-0.05, 0) is 25.1 Å². The molecule has 2 heterocycles. The summed E-state index contributed by atoms with van der Waals surface area (Å²) in [5.41, 5.74) is 1.81. The van der Waals surface area contributed by atoms with Gasteiger partial charge in [-0.3, -0.25) is 9.78 Å². The van der Waals surface area contributed by atoms with Gasteiger partial charge < -0.3 is 19.5 Å². The van der Waals surface area contributed by atoms with Gasteiger partial charge in [0.05, 0.1) is 37.0 Å². The van der Waals surface area contributed by atoms with Crippen molar-refractivity contribution in [1.29, 1.82) is 0 Å². The molecule has 1 N–H and O–H groups in total. The van der Waals surface area contributed by atoms with Crippen molar-refractivity contribution in [3.63, 3.8) is 0 Å². The molecule has 0 unspecified atom stereocenters. The molecule has 1 amide bonds. The van der Waals surface area contributed by atoms with E-state index in [-0.39, 0.29) is 19.1 Å². The standard InChI is InChI=1S/C17H18N2O5/c1-10-13(7-11-3-4-12(23-2)8-14(11)18-10)16(20)19-5-6-24-15(9-19)17(21)22/h3-4,7-8,15H,5-6,9H2,1-2H3,(H,21,22)/t15-/m1/s1. The maximum atomic E-state index is 12.8. The molecule has 0 aliphatic carbocycles. The fourth-order valence-electron chi connectivity index (χ4n) is 2.74. The lowest BCUT2D eigenvalue weighted by molar-refractivity contribution is -0.154. The SMILES string of the molecule is COc1ccc2cc(C(=O)N3CCO[C@@H](C(=O)O)C3)c(C)nc2c1. The van der Waals surface area contributed by atoms with Crippen LogP contribution in [0.2, 0.25) is 0 Å². The van der Waals surface area contributed by atoms with E-state index in [1.165, 1.54) is 4.90 Å². The lowest BCUT2D eigenvalue weighted by Gasteiger charge is -2.31. The van der Waals surface area contributed by atoms with Crippen molar-refractivity contribution >= 4 is 22.8 Å². The fourth-order valence-corrected chi connectivity index (χ4v) is 2.74. The number of ether oxygens (including phenoxy) is 2. The van der Waals surface area contributed by atoms with Gasteiger partial charge in [-0.2, -0.15) is 0 Å². The summed E-state index contributed by atoms with van der Waals surface area (Å²) in [6.45, 7) is 2.37. The molecule has 7 heteroatoms. The lowest BCUT2D eigenvalue weighted by Crippen LogP contribution is -2.48. The van der Waals surface area contributed by atoms with Crippen LogP contribution in [0.15, 0.2) is 24.3 Å². The first-order chi connectivity index (χ1) is 11.5. The number of hydrogen-bond donors (Lipinski definition) is 1. The van der Waals surface area contributed by atoms with E-state index in [0.717, 1.165) is 10.9 Å². The number of methoxy groups -OCH3 is 1. The Morgan fingerprint density at radius 1 is 1.38 bits per heavy atom. The second-order valence-electron chi connectivity index (χ2n) is 5.63. The van der Waals surface area contributed by atoms with Crippen molar-refractivity contribution in [2.75, 3.05) is 26.8 Å². The molecule has 1 aliphatic heterocycles. The first-order valence-electron chi connectivity index (χ1n) is 7.58. The zero-order chi connectivity index (χ0) is 17.3. The van der Waals surface area contributed by atoms with E-state index in [1.807, 2.05) is 18.2 Å². The Morgan fingerprint density at radius 3 is 2.88 bits per heavy atom. The molecule has 0 bridgehead atoms. The highest BCUT2D eigenvalue weighted by atomic mass is 16.5. The van der Waals surface area contributed by atoms with Crippen molar-refractivity contribution < 1.29 is 24.2 Å². The van der Waals surface area contributed by atoms with E-state index >= 15 is 0 Å². The molecule has 0 saturated carbocycles. The van der Waals surface area contributed by atoms with E-state index < -0.39 is 12.1 Å². The average molecular weight is 330 g/mol. The third-order valence-electron chi connectivity index (χ3n) is 4.07. The first-order valence-corrected chi connectivity index (χ1v) is 7.58. The number of pyridine rings is 1. The molecule has 2 aromatic rings. The second-order valence-corrected chi connectivity index (χ2v) is 5.63. The molecule has 1 aromatic carbocycles. The highest BCUT2D eigenvalue weighted by Gasteiger charge is 2.30. The van der Waals surface area contributed by atoms with Crippen molar-refractivity contribution in [3.05, 3.63) is 35.5 Å². The predicted octanol–water partition coefficient (Wildman–Crippen LogP) is 1.48. The highest BCUT2D eigenvalue weighted by Crippen LogP contribution is 2.23. The topological polar surface area (TPSA) is 89.0 Å². The Kier molecular flexibility index (Phi) is 4.35. The number of amides is 1.